The second kappa shape index (κ2) is 36.4. The van der Waals surface area contributed by atoms with E-state index >= 15 is 0 Å². The zero-order valence-electron chi connectivity index (χ0n) is 43.0. The number of ether oxygens (including phenoxy) is 1. The van der Waals surface area contributed by atoms with Gasteiger partial charge in [0.15, 0.2) is 0 Å². The van der Waals surface area contributed by atoms with E-state index in [0.717, 1.165) is 13.2 Å². The van der Waals surface area contributed by atoms with E-state index in [0.29, 0.717) is 6.08 Å². The molecule has 0 atom stereocenters. The van der Waals surface area contributed by atoms with E-state index in [-0.39, 0.29) is 84.9 Å². The molecule has 0 fully saturated rings. The Morgan fingerprint density at radius 2 is 0.534 bits per heavy atom. The minimum atomic E-state index is -6.71. The van der Waals surface area contributed by atoms with Gasteiger partial charge in [0.25, 0.3) is 34.0 Å². The van der Waals surface area contributed by atoms with Gasteiger partial charge in [-0.15, -0.1) is 23.6 Å². The summed E-state index contributed by atoms with van der Waals surface area (Å²) in [5, 5.41) is -0.252. The summed E-state index contributed by atoms with van der Waals surface area (Å²) in [5.74, 6) is -5.84. The van der Waals surface area contributed by atoms with Gasteiger partial charge in [0.2, 0.25) is 0 Å². The van der Waals surface area contributed by atoms with Crippen LogP contribution in [0.4, 0.5) is 184 Å². The molecule has 0 aromatic carbocycles. The van der Waals surface area contributed by atoms with E-state index in [1.165, 1.54) is 6.08 Å². The number of allylic oxidation sites excluding steroid dienone is 2. The Bertz CT molecular complexity index is 1720. The Kier molecular flexibility index (Phi) is 42.8. The molecule has 0 heterocycles. The molecule has 88 heavy (non-hydrogen) atoms. The normalized spacial score (nSPS) is 14.3. The molecule has 48 heteroatoms. The van der Waals surface area contributed by atoms with E-state index in [2.05, 4.69) is 36.0 Å². The van der Waals surface area contributed by atoms with Gasteiger partial charge in [-0.1, -0.05) is 44.6 Å². The number of halogens is 46. The van der Waals surface area contributed by atoms with Gasteiger partial charge < -0.3 is 21.7 Å². The van der Waals surface area contributed by atoms with Crippen LogP contribution in [0.1, 0.15) is 71.6 Å². The molecule has 0 saturated heterocycles. The zero-order chi connectivity index (χ0) is 70.3. The molecule has 0 radical (unpaired) electrons. The Labute approximate surface area is 528 Å². The van der Waals surface area contributed by atoms with Gasteiger partial charge in [-0.25, -0.2) is 45.9 Å². The Morgan fingerprint density at radius 1 is 0.375 bits per heavy atom. The Hall–Kier alpha value is -0.694. The van der Waals surface area contributed by atoms with Crippen molar-refractivity contribution in [2.75, 3.05) is 18.5 Å². The van der Waals surface area contributed by atoms with E-state index in [1.54, 1.807) is 0 Å². The fourth-order valence-electron chi connectivity index (χ4n) is 5.95. The number of rotatable bonds is 19. The van der Waals surface area contributed by atoms with Crippen LogP contribution < -0.4 is 17.0 Å². The summed E-state index contributed by atoms with van der Waals surface area (Å²) in [6.07, 6.45) is -98.7. The summed E-state index contributed by atoms with van der Waals surface area (Å²) in [4.78, 5) is 0. The molecule has 1 nitrogen and oxygen atoms in total. The molecule has 0 bridgehead atoms. The Balaban J connectivity index is -0.000000168. The van der Waals surface area contributed by atoms with E-state index in [9.17, 15) is 184 Å². The van der Waals surface area contributed by atoms with Crippen molar-refractivity contribution in [1.82, 2.24) is 0 Å². The average Bonchev–Trinajstić information content (AvgIpc) is 3.22. The molecule has 0 rings (SSSR count). The summed E-state index contributed by atoms with van der Waals surface area (Å²) in [5.41, 5.74) is -36.7. The third-order valence-corrected chi connectivity index (χ3v) is 11.8. The second-order valence-electron chi connectivity index (χ2n) is 16.8. The van der Waals surface area contributed by atoms with Gasteiger partial charge in [0, 0.05) is 61.0 Å². The van der Waals surface area contributed by atoms with Crippen molar-refractivity contribution < 1.29 is 206 Å². The monoisotopic (exact) mass is 1720 g/mol. The second-order valence-corrected chi connectivity index (χ2v) is 19.3. The third-order valence-electron chi connectivity index (χ3n) is 10.3. The molecule has 0 aliphatic rings. The van der Waals surface area contributed by atoms with Crippen molar-refractivity contribution in [1.29, 1.82) is 0 Å². The van der Waals surface area contributed by atoms with E-state index in [4.69, 9.17) is 4.74 Å². The fourth-order valence-corrected chi connectivity index (χ4v) is 7.48. The maximum atomic E-state index is 13.7. The van der Waals surface area contributed by atoms with E-state index in [1.807, 2.05) is 13.8 Å². The summed E-state index contributed by atoms with van der Waals surface area (Å²) >= 11 is 2.89. The molecule has 0 aliphatic heterocycles. The maximum Gasteiger partial charge on any atom is 2.00 e. The smallest absolute Gasteiger partial charge is 1.00 e. The fraction of sp³-hybridized carbons (Fsp3) is 0.875. The van der Waals surface area contributed by atoms with Crippen molar-refractivity contribution in [3.8, 4) is 0 Å². The summed E-state index contributed by atoms with van der Waals surface area (Å²) in [7, 11) is 0. The molecular weight excluding hydrogens is 1690 g/mol. The molecule has 0 spiro atoms. The van der Waals surface area contributed by atoms with Crippen LogP contribution in [-0.2, 0) is 4.74 Å². The molecule has 532 valence electrons. The molecule has 0 amide bonds. The quantitative estimate of drug-likeness (QED) is 0.0313. The van der Waals surface area contributed by atoms with Crippen LogP contribution in [0.3, 0.4) is 0 Å². The number of alkyl halides is 44. The van der Waals surface area contributed by atoms with Gasteiger partial charge in [-0.2, -0.15) is 158 Å². The van der Waals surface area contributed by atoms with Gasteiger partial charge in [0.1, 0.15) is 0 Å². The minimum absolute atomic E-state index is 0. The van der Waals surface area contributed by atoms with Gasteiger partial charge in [0.05, 0.1) is 0 Å². The largest absolute Gasteiger partial charge is 2.00 e. The predicted molar refractivity (Wildman–Crippen MR) is 240 cm³/mol. The molecular formula is C40H42Br3F42IMgO. The third kappa shape index (κ3) is 28.3. The molecule has 0 aromatic rings. The minimum Gasteiger partial charge on any atom is -1.00 e. The zero-order valence-corrected chi connectivity index (χ0v) is 51.5. The average molecular weight is 1730 g/mol. The van der Waals surface area contributed by atoms with Crippen molar-refractivity contribution in [3.63, 3.8) is 0 Å². The van der Waals surface area contributed by atoms with Gasteiger partial charge in [-0.05, 0) is 44.9 Å². The predicted octanol–water partition coefficient (Wildman–Crippen LogP) is 19.3. The first-order chi connectivity index (χ1) is 36.7. The van der Waals surface area contributed by atoms with Crippen molar-refractivity contribution >= 4 is 78.6 Å². The molecule has 0 saturated carbocycles. The van der Waals surface area contributed by atoms with Crippen LogP contribution >= 0.6 is 55.5 Å². The van der Waals surface area contributed by atoms with Crippen LogP contribution in [0.15, 0.2) is 25.3 Å². The first-order valence-electron chi connectivity index (χ1n) is 21.4. The molecule has 0 aliphatic carbocycles. The topological polar surface area (TPSA) is 9.23 Å². The molecule has 0 aromatic heterocycles. The van der Waals surface area contributed by atoms with Crippen LogP contribution in [0.5, 0.6) is 0 Å². The first kappa shape index (κ1) is 103. The standard InChI is InChI=1S/C12H11BrF14.C12H10F14.C9H5F14I.C4H10O.C3H5.2BrH.Mg/c13-3-1-2-6(4-7(14,9(16,17)18)10(19,20)21)5-8(15,11(22,23)24)12(25,26)27;1-2-3-6(4-7(13,9(15,16)17)10(18,19)20)5-8(14,11(21,22)23)12(24,25)26;10-4(6(12,13)14,7(15,16)17)1-3(24)2-5(11,8(18,19)20)9(21,22)23;1-3-5-4-2;1-3-2;;;/h6H,1-5H2;2,6H,1,3-5H2;3H,1-2H2;3-4H2,1-2H3;3H,1-2H2;2*1H;/q;;;;-1;;;+2/p-1. The summed E-state index contributed by atoms with van der Waals surface area (Å²) in [6, 6.07) is 0. The van der Waals surface area contributed by atoms with Crippen molar-refractivity contribution in [2.24, 2.45) is 11.8 Å². The Morgan fingerprint density at radius 3 is 0.659 bits per heavy atom. The van der Waals surface area contributed by atoms with Gasteiger partial charge >= 0.3 is 97.2 Å². The van der Waals surface area contributed by atoms with Crippen molar-refractivity contribution in [3.05, 3.63) is 32.2 Å². The van der Waals surface area contributed by atoms with Gasteiger partial charge in [-0.3, -0.25) is 0 Å². The van der Waals surface area contributed by atoms with Crippen LogP contribution in [0.2, 0.25) is 0 Å². The van der Waals surface area contributed by atoms with Crippen LogP contribution in [0, 0.1) is 18.8 Å². The SMILES string of the molecule is Br.C=CCC(CC(F)(C(F)(F)F)C(F)(F)F)CC(F)(C(F)(F)F)C(F)(F)F.C=C[CH2-].CCOCC.FC(F)(F)C(F)(CC(CCCBr)CC(F)(C(F)(F)F)C(F)(F)F)C(F)(F)F.FC(F)(F)C(F)(CC(I)CC(F)(C(F)(F)F)C(F)(F)F)C(F)(F)F.[Br-].[Mg+2]. The summed E-state index contributed by atoms with van der Waals surface area (Å²) < 4.78 is 530. The first-order valence-corrected chi connectivity index (χ1v) is 23.8. The van der Waals surface area contributed by atoms with Crippen LogP contribution in [0.25, 0.3) is 0 Å². The number of hydrogen-bond acceptors (Lipinski definition) is 1. The molecule has 0 N–H and O–H groups in total. The maximum absolute atomic E-state index is 13.7. The van der Waals surface area contributed by atoms with E-state index < -0.39 is 182 Å². The summed E-state index contributed by atoms with van der Waals surface area (Å²) in [6.45, 7) is 14.9. The molecule has 0 unspecified atom stereocenters. The van der Waals surface area contributed by atoms with Crippen molar-refractivity contribution in [2.45, 2.75) is 184 Å². The van der Waals surface area contributed by atoms with Crippen LogP contribution in [-0.4, -0.2) is 154 Å². The number of hydrogen-bond donors (Lipinski definition) is 0.